The van der Waals surface area contributed by atoms with Gasteiger partial charge in [0.15, 0.2) is 6.10 Å². The largest absolute Gasteiger partial charge is 0.462 e. The van der Waals surface area contributed by atoms with Crippen molar-refractivity contribution < 1.29 is 28.6 Å². The maximum absolute atomic E-state index is 12.9. The van der Waals surface area contributed by atoms with E-state index >= 15 is 0 Å². The highest BCUT2D eigenvalue weighted by Crippen LogP contribution is 2.15. The second-order valence-corrected chi connectivity index (χ2v) is 19.5. The molecule has 1 atom stereocenters. The summed E-state index contributed by atoms with van der Waals surface area (Å²) in [7, 11) is 0. The number of allylic oxidation sites excluding steroid dienone is 20. The van der Waals surface area contributed by atoms with Gasteiger partial charge in [0.1, 0.15) is 13.2 Å². The average Bonchev–Trinajstić information content (AvgIpc) is 3.39. The third-order valence-corrected chi connectivity index (χ3v) is 12.4. The molecule has 0 saturated carbocycles. The second kappa shape index (κ2) is 60.4. The smallest absolute Gasteiger partial charge is 0.306 e. The molecule has 0 amide bonds. The number of hydrogen-bond donors (Lipinski definition) is 0. The van der Waals surface area contributed by atoms with Crippen LogP contribution in [0.3, 0.4) is 0 Å². The van der Waals surface area contributed by atoms with E-state index in [0.717, 1.165) is 154 Å². The summed E-state index contributed by atoms with van der Waals surface area (Å²) in [5, 5.41) is 0. The summed E-state index contributed by atoms with van der Waals surface area (Å²) in [6.45, 7) is 6.33. The molecular weight excluding hydrogens is 901 g/mol. The van der Waals surface area contributed by atoms with Crippen LogP contribution in [0.2, 0.25) is 0 Å². The van der Waals surface area contributed by atoms with Gasteiger partial charge in [0.05, 0.1) is 0 Å². The lowest BCUT2D eigenvalue weighted by atomic mass is 10.1. The van der Waals surface area contributed by atoms with Gasteiger partial charge in [0.25, 0.3) is 0 Å². The molecular formula is C67H110O6. The Balaban J connectivity index is 4.41. The maximum Gasteiger partial charge on any atom is 0.306 e. The molecule has 0 aromatic rings. The van der Waals surface area contributed by atoms with E-state index < -0.39 is 6.10 Å². The Bertz CT molecular complexity index is 1540. The lowest BCUT2D eigenvalue weighted by Gasteiger charge is -2.18. The summed E-state index contributed by atoms with van der Waals surface area (Å²) in [6.07, 6.45) is 83.3. The van der Waals surface area contributed by atoms with E-state index in [-0.39, 0.29) is 31.1 Å². The summed E-state index contributed by atoms with van der Waals surface area (Å²) in [5.41, 5.74) is 0. The van der Waals surface area contributed by atoms with Crippen molar-refractivity contribution in [1.29, 1.82) is 0 Å². The molecule has 0 aromatic heterocycles. The topological polar surface area (TPSA) is 78.9 Å². The number of rotatable bonds is 53. The van der Waals surface area contributed by atoms with Gasteiger partial charge in [-0.3, -0.25) is 14.4 Å². The Labute approximate surface area is 450 Å². The summed E-state index contributed by atoms with van der Waals surface area (Å²) in [5.74, 6) is -0.922. The molecule has 0 heterocycles. The van der Waals surface area contributed by atoms with Gasteiger partial charge in [-0.1, -0.05) is 245 Å². The lowest BCUT2D eigenvalue weighted by molar-refractivity contribution is -0.167. The van der Waals surface area contributed by atoms with Crippen molar-refractivity contribution >= 4 is 17.9 Å². The third-order valence-electron chi connectivity index (χ3n) is 12.4. The molecule has 0 spiro atoms. The first-order chi connectivity index (χ1) is 36.0. The number of carbonyl (C=O) groups is 3. The van der Waals surface area contributed by atoms with E-state index in [1.54, 1.807) is 0 Å². The third kappa shape index (κ3) is 58.6. The zero-order chi connectivity index (χ0) is 52.9. The van der Waals surface area contributed by atoms with E-state index in [4.69, 9.17) is 14.2 Å². The molecule has 0 aliphatic heterocycles. The zero-order valence-corrected chi connectivity index (χ0v) is 47.4. The van der Waals surface area contributed by atoms with Gasteiger partial charge in [-0.25, -0.2) is 0 Å². The Kier molecular flexibility index (Phi) is 56.9. The minimum Gasteiger partial charge on any atom is -0.462 e. The maximum atomic E-state index is 12.9. The van der Waals surface area contributed by atoms with Crippen LogP contribution in [-0.4, -0.2) is 37.2 Å². The number of esters is 3. The molecule has 6 heteroatoms. The Morgan fingerprint density at radius 3 is 0.836 bits per heavy atom. The van der Waals surface area contributed by atoms with Crippen LogP contribution < -0.4 is 0 Å². The Morgan fingerprint density at radius 2 is 0.534 bits per heavy atom. The van der Waals surface area contributed by atoms with Crippen molar-refractivity contribution in [2.45, 2.75) is 271 Å². The van der Waals surface area contributed by atoms with Gasteiger partial charge in [0, 0.05) is 19.3 Å². The summed E-state index contributed by atoms with van der Waals surface area (Å²) in [4.78, 5) is 38.2. The summed E-state index contributed by atoms with van der Waals surface area (Å²) >= 11 is 0. The van der Waals surface area contributed by atoms with E-state index in [1.807, 2.05) is 0 Å². The highest BCUT2D eigenvalue weighted by atomic mass is 16.6. The summed E-state index contributed by atoms with van der Waals surface area (Å²) in [6, 6.07) is 0. The van der Waals surface area contributed by atoms with Crippen LogP contribution in [-0.2, 0) is 28.6 Å². The molecule has 0 aliphatic carbocycles. The van der Waals surface area contributed by atoms with Crippen molar-refractivity contribution in [3.63, 3.8) is 0 Å². The fourth-order valence-electron chi connectivity index (χ4n) is 7.99. The van der Waals surface area contributed by atoms with Gasteiger partial charge < -0.3 is 14.2 Å². The van der Waals surface area contributed by atoms with Crippen molar-refractivity contribution in [1.82, 2.24) is 0 Å². The number of hydrogen-bond acceptors (Lipinski definition) is 6. The number of unbranched alkanes of at least 4 members (excludes halogenated alkanes) is 22. The highest BCUT2D eigenvalue weighted by molar-refractivity contribution is 5.71. The molecule has 6 nitrogen and oxygen atoms in total. The molecule has 0 saturated heterocycles. The zero-order valence-electron chi connectivity index (χ0n) is 47.4. The van der Waals surface area contributed by atoms with Gasteiger partial charge >= 0.3 is 17.9 Å². The van der Waals surface area contributed by atoms with Crippen LogP contribution in [0.15, 0.2) is 122 Å². The number of ether oxygens (including phenoxy) is 3. The normalized spacial score (nSPS) is 13.0. The van der Waals surface area contributed by atoms with Crippen LogP contribution in [0.25, 0.3) is 0 Å². The van der Waals surface area contributed by atoms with Crippen LogP contribution in [0.1, 0.15) is 265 Å². The molecule has 0 bridgehead atoms. The van der Waals surface area contributed by atoms with Gasteiger partial charge in [-0.2, -0.15) is 0 Å². The predicted molar refractivity (Wildman–Crippen MR) is 316 cm³/mol. The minimum atomic E-state index is -0.796. The van der Waals surface area contributed by atoms with Crippen molar-refractivity contribution in [3.8, 4) is 0 Å². The number of carbonyl (C=O) groups excluding carboxylic acids is 3. The molecule has 0 radical (unpaired) electrons. The Morgan fingerprint density at radius 1 is 0.288 bits per heavy atom. The molecule has 0 fully saturated rings. The van der Waals surface area contributed by atoms with Crippen LogP contribution >= 0.6 is 0 Å². The molecule has 1 unspecified atom stereocenters. The Hall–Kier alpha value is -4.19. The first kappa shape index (κ1) is 68.8. The van der Waals surface area contributed by atoms with Gasteiger partial charge in [0.2, 0.25) is 0 Å². The SMILES string of the molecule is CC/C=C\C/C=C\C/C=C\C/C=C\CCCCCCCCCCC(=O)OCC(COC(=O)CCCCCCC/C=C\C/C=C\CCC)OC(=O)CCCCCCCCCC/C=C\C/C=C\C/C=C\C/C=C\CC. The van der Waals surface area contributed by atoms with Crippen LogP contribution in [0.5, 0.6) is 0 Å². The van der Waals surface area contributed by atoms with Crippen molar-refractivity contribution in [3.05, 3.63) is 122 Å². The van der Waals surface area contributed by atoms with Gasteiger partial charge in [-0.15, -0.1) is 0 Å². The van der Waals surface area contributed by atoms with Crippen molar-refractivity contribution in [2.75, 3.05) is 13.2 Å². The fraction of sp³-hybridized carbons (Fsp3) is 0.657. The standard InChI is InChI=1S/C67H110O6/c1-4-7-10-13-16-19-22-25-27-29-31-33-35-37-39-42-45-48-51-54-57-60-66(69)72-63-64(62-71-65(68)59-56-53-50-47-44-41-24-21-18-15-12-9-6-3)73-67(70)61-58-55-52-49-46-43-40-38-36-34-32-30-28-26-23-20-17-14-11-8-5-2/h7-8,10-12,15-17,19-21,24-28,31-34,64H,4-6,9,13-14,18,22-23,29-30,35-63H2,1-3H3/b10-7-,11-8-,15-12-,19-16-,20-17-,24-21-,27-25-,28-26-,33-31-,34-32-. The molecule has 0 rings (SSSR count). The van der Waals surface area contributed by atoms with Crippen LogP contribution in [0, 0.1) is 0 Å². The highest BCUT2D eigenvalue weighted by Gasteiger charge is 2.19. The van der Waals surface area contributed by atoms with Crippen molar-refractivity contribution in [2.24, 2.45) is 0 Å². The predicted octanol–water partition coefficient (Wildman–Crippen LogP) is 20.4. The summed E-state index contributed by atoms with van der Waals surface area (Å²) < 4.78 is 16.9. The first-order valence-electron chi connectivity index (χ1n) is 30.0. The van der Waals surface area contributed by atoms with E-state index in [1.165, 1.54) is 70.6 Å². The minimum absolute atomic E-state index is 0.0927. The van der Waals surface area contributed by atoms with Gasteiger partial charge in [-0.05, 0) is 122 Å². The molecule has 0 aliphatic rings. The van der Waals surface area contributed by atoms with Crippen LogP contribution in [0.4, 0.5) is 0 Å². The van der Waals surface area contributed by atoms with E-state index in [9.17, 15) is 14.4 Å². The molecule has 414 valence electrons. The quantitative estimate of drug-likeness (QED) is 0.0261. The monoisotopic (exact) mass is 1010 g/mol. The first-order valence-corrected chi connectivity index (χ1v) is 30.0. The lowest BCUT2D eigenvalue weighted by Crippen LogP contribution is -2.30. The molecule has 0 aromatic carbocycles. The average molecular weight is 1010 g/mol. The second-order valence-electron chi connectivity index (χ2n) is 19.5. The van der Waals surface area contributed by atoms with E-state index in [2.05, 4.69) is 142 Å². The molecule has 73 heavy (non-hydrogen) atoms. The van der Waals surface area contributed by atoms with E-state index in [0.29, 0.717) is 19.3 Å². The fourth-order valence-corrected chi connectivity index (χ4v) is 7.99. The molecule has 0 N–H and O–H groups in total.